The maximum Gasteiger partial charge on any atom is 0.243 e. The molecule has 0 heterocycles. The van der Waals surface area contributed by atoms with Gasteiger partial charge in [0.05, 0.1) is 0 Å². The van der Waals surface area contributed by atoms with Crippen molar-refractivity contribution < 1.29 is 22.0 Å². The average Bonchev–Trinajstić information content (AvgIpc) is 2.40. The lowest BCUT2D eigenvalue weighted by Gasteiger charge is -2.09. The molecule has 4 N–H and O–H groups in total. The van der Waals surface area contributed by atoms with E-state index in [9.17, 15) is 22.0 Å². The molecule has 1 rings (SSSR count). The number of amides is 1. The van der Waals surface area contributed by atoms with Crippen LogP contribution in [0.15, 0.2) is 17.0 Å². The van der Waals surface area contributed by atoms with Crippen molar-refractivity contribution in [3.8, 4) is 0 Å². The summed E-state index contributed by atoms with van der Waals surface area (Å²) in [5.74, 6) is -3.19. The predicted octanol–water partition coefficient (Wildman–Crippen LogP) is 0.742. The third kappa shape index (κ3) is 4.94. The summed E-state index contributed by atoms with van der Waals surface area (Å²) in [5, 5.41) is 2.56. The van der Waals surface area contributed by atoms with Crippen molar-refractivity contribution in [3.63, 3.8) is 0 Å². The van der Waals surface area contributed by atoms with Crippen molar-refractivity contribution in [2.24, 2.45) is 0 Å². The highest BCUT2D eigenvalue weighted by Gasteiger charge is 2.22. The first-order valence-corrected chi connectivity index (χ1v) is 7.77. The first-order valence-electron chi connectivity index (χ1n) is 6.28. The topological polar surface area (TPSA) is 101 Å². The van der Waals surface area contributed by atoms with Gasteiger partial charge in [-0.25, -0.2) is 21.9 Å². The summed E-state index contributed by atoms with van der Waals surface area (Å²) in [6, 6.07) is 1.50. The monoisotopic (exact) mass is 321 g/mol. The molecule has 0 aliphatic carbocycles. The zero-order valence-corrected chi connectivity index (χ0v) is 12.3. The van der Waals surface area contributed by atoms with Crippen molar-refractivity contribution in [2.75, 3.05) is 18.8 Å². The first-order chi connectivity index (χ1) is 9.77. The van der Waals surface area contributed by atoms with Gasteiger partial charge in [0, 0.05) is 25.2 Å². The molecule has 1 aromatic rings. The van der Waals surface area contributed by atoms with Crippen LogP contribution in [0.3, 0.4) is 0 Å². The summed E-state index contributed by atoms with van der Waals surface area (Å²) in [7, 11) is -4.28. The van der Waals surface area contributed by atoms with Crippen LogP contribution in [0.2, 0.25) is 0 Å². The van der Waals surface area contributed by atoms with Crippen LogP contribution in [0.25, 0.3) is 0 Å². The lowest BCUT2D eigenvalue weighted by atomic mass is 10.3. The predicted molar refractivity (Wildman–Crippen MR) is 73.9 cm³/mol. The molecule has 0 aliphatic rings. The van der Waals surface area contributed by atoms with Gasteiger partial charge in [-0.05, 0) is 18.6 Å². The number of carbonyl (C=O) groups is 1. The summed E-state index contributed by atoms with van der Waals surface area (Å²) in [5.41, 5.74) is 5.08. The zero-order chi connectivity index (χ0) is 16.0. The third-order valence-electron chi connectivity index (χ3n) is 2.52. The van der Waals surface area contributed by atoms with Gasteiger partial charge in [-0.2, -0.15) is 0 Å². The fourth-order valence-corrected chi connectivity index (χ4v) is 2.66. The second-order valence-electron chi connectivity index (χ2n) is 4.31. The molecule has 0 bridgehead atoms. The van der Waals surface area contributed by atoms with E-state index in [4.69, 9.17) is 5.73 Å². The molecule has 118 valence electrons. The number of rotatable bonds is 7. The van der Waals surface area contributed by atoms with E-state index >= 15 is 0 Å². The van der Waals surface area contributed by atoms with Crippen LogP contribution in [0.5, 0.6) is 0 Å². The van der Waals surface area contributed by atoms with E-state index in [1.165, 1.54) is 0 Å². The van der Waals surface area contributed by atoms with Crippen LogP contribution in [0.4, 0.5) is 14.5 Å². The van der Waals surface area contributed by atoms with E-state index in [0.29, 0.717) is 12.6 Å². The molecule has 1 amide bonds. The zero-order valence-electron chi connectivity index (χ0n) is 11.4. The summed E-state index contributed by atoms with van der Waals surface area (Å²) >= 11 is 0. The molecular weight excluding hydrogens is 304 g/mol. The van der Waals surface area contributed by atoms with Crippen molar-refractivity contribution in [2.45, 2.75) is 24.7 Å². The van der Waals surface area contributed by atoms with Gasteiger partial charge in [0.25, 0.3) is 0 Å². The number of anilines is 1. The van der Waals surface area contributed by atoms with Gasteiger partial charge in [-0.3, -0.25) is 4.79 Å². The smallest absolute Gasteiger partial charge is 0.243 e. The van der Waals surface area contributed by atoms with Crippen molar-refractivity contribution in [3.05, 3.63) is 23.8 Å². The minimum Gasteiger partial charge on any atom is -0.399 e. The van der Waals surface area contributed by atoms with E-state index in [-0.39, 0.29) is 24.6 Å². The van der Waals surface area contributed by atoms with Crippen molar-refractivity contribution in [1.29, 1.82) is 0 Å². The molecule has 6 nitrogen and oxygen atoms in total. The lowest BCUT2D eigenvalue weighted by Crippen LogP contribution is -2.31. The Balaban J connectivity index is 2.73. The average molecular weight is 321 g/mol. The maximum atomic E-state index is 13.5. The molecule has 0 aliphatic heterocycles. The lowest BCUT2D eigenvalue weighted by molar-refractivity contribution is -0.120. The number of sulfonamides is 1. The number of nitrogen functional groups attached to an aromatic ring is 1. The normalized spacial score (nSPS) is 11.4. The summed E-state index contributed by atoms with van der Waals surface area (Å²) < 4.78 is 52.4. The minimum atomic E-state index is -4.28. The second-order valence-corrected chi connectivity index (χ2v) is 6.05. The fraction of sp³-hybridized carbons (Fsp3) is 0.417. The quantitative estimate of drug-likeness (QED) is 0.645. The maximum absolute atomic E-state index is 13.5. The Bertz CT molecular complexity index is 620. The van der Waals surface area contributed by atoms with E-state index in [0.717, 1.165) is 12.5 Å². The molecule has 1 aromatic carbocycles. The molecule has 0 aromatic heterocycles. The third-order valence-corrected chi connectivity index (χ3v) is 3.98. The summed E-state index contributed by atoms with van der Waals surface area (Å²) in [6.07, 6.45) is 0.650. The van der Waals surface area contributed by atoms with Crippen LogP contribution >= 0.6 is 0 Å². The van der Waals surface area contributed by atoms with Crippen LogP contribution in [-0.2, 0) is 14.8 Å². The van der Waals surface area contributed by atoms with Gasteiger partial charge in [-0.1, -0.05) is 6.92 Å². The number of benzene rings is 1. The summed E-state index contributed by atoms with van der Waals surface area (Å²) in [4.78, 5) is 10.4. The van der Waals surface area contributed by atoms with Gasteiger partial charge in [0.2, 0.25) is 15.9 Å². The summed E-state index contributed by atoms with van der Waals surface area (Å²) in [6.45, 7) is 2.13. The van der Waals surface area contributed by atoms with E-state index in [1.54, 1.807) is 0 Å². The molecule has 21 heavy (non-hydrogen) atoms. The molecule has 0 saturated heterocycles. The van der Waals surface area contributed by atoms with E-state index in [1.807, 2.05) is 11.6 Å². The van der Waals surface area contributed by atoms with Crippen molar-refractivity contribution in [1.82, 2.24) is 10.0 Å². The van der Waals surface area contributed by atoms with Gasteiger partial charge in [0.15, 0.2) is 11.6 Å². The minimum absolute atomic E-state index is 0.106. The number of hydrogen-bond donors (Lipinski definition) is 3. The highest BCUT2D eigenvalue weighted by molar-refractivity contribution is 7.89. The highest BCUT2D eigenvalue weighted by atomic mass is 32.2. The van der Waals surface area contributed by atoms with E-state index in [2.05, 4.69) is 5.32 Å². The number of hydrogen-bond acceptors (Lipinski definition) is 4. The van der Waals surface area contributed by atoms with Gasteiger partial charge in [0.1, 0.15) is 4.90 Å². The largest absolute Gasteiger partial charge is 0.399 e. The molecule has 0 radical (unpaired) electrons. The Morgan fingerprint density at radius 2 is 1.95 bits per heavy atom. The molecule has 0 unspecified atom stereocenters. The molecule has 0 atom stereocenters. The molecule has 0 saturated carbocycles. The molecular formula is C12H17F2N3O3S. The Morgan fingerprint density at radius 3 is 2.57 bits per heavy atom. The van der Waals surface area contributed by atoms with Gasteiger partial charge < -0.3 is 11.1 Å². The number of nitrogens with two attached hydrogens (primary N) is 1. The Kier molecular flexibility index (Phi) is 6.03. The van der Waals surface area contributed by atoms with E-state index < -0.39 is 26.6 Å². The Morgan fingerprint density at radius 1 is 1.29 bits per heavy atom. The second kappa shape index (κ2) is 7.32. The van der Waals surface area contributed by atoms with Crippen LogP contribution in [0, 0.1) is 11.6 Å². The number of halogens is 2. The molecule has 0 fully saturated rings. The number of nitrogens with one attached hydrogen (secondary N) is 2. The van der Waals surface area contributed by atoms with Crippen LogP contribution < -0.4 is 15.8 Å². The molecule has 0 spiro atoms. The number of carbonyl (C=O) groups excluding carboxylic acids is 1. The fourth-order valence-electron chi connectivity index (χ4n) is 1.51. The first kappa shape index (κ1) is 17.3. The SMILES string of the molecule is CCCNC(=O)CCNS(=O)(=O)c1cc(N)cc(F)c1F. The van der Waals surface area contributed by atoms with Crippen LogP contribution in [0.1, 0.15) is 19.8 Å². The highest BCUT2D eigenvalue weighted by Crippen LogP contribution is 2.20. The molecule has 9 heteroatoms. The Labute approximate surface area is 121 Å². The standard InChI is InChI=1S/C12H17F2N3O3S/c1-2-4-16-11(18)3-5-17-21(19,20)10-7-8(15)6-9(13)12(10)14/h6-7,17H,2-5,15H2,1H3,(H,16,18). The van der Waals surface area contributed by atoms with Crippen molar-refractivity contribution >= 4 is 21.6 Å². The van der Waals surface area contributed by atoms with Crippen LogP contribution in [-0.4, -0.2) is 27.4 Å². The Hall–Kier alpha value is -1.74. The van der Waals surface area contributed by atoms with Gasteiger partial charge >= 0.3 is 0 Å². The van der Waals surface area contributed by atoms with Gasteiger partial charge in [-0.15, -0.1) is 0 Å².